The van der Waals surface area contributed by atoms with Crippen molar-refractivity contribution >= 4 is 16.9 Å². The van der Waals surface area contributed by atoms with Crippen LogP contribution in [0.3, 0.4) is 0 Å². The lowest BCUT2D eigenvalue weighted by Gasteiger charge is -2.49. The Bertz CT molecular complexity index is 698. The Balaban J connectivity index is 1.80. The van der Waals surface area contributed by atoms with Gasteiger partial charge in [-0.15, -0.1) is 0 Å². The number of rotatable bonds is 4. The standard InChI is InChI=1S/C16H19F2N3O/c1-3-16(4-2)8-21(9-16)15(22)10-5-6-11-12(7-10)20-14(19-11)13(17)18/h5-7,13H,3-4,8-9H2,1-2H3,(H,19,20). The average Bonchev–Trinajstić information content (AvgIpc) is 2.90. The summed E-state index contributed by atoms with van der Waals surface area (Å²) in [4.78, 5) is 20.7. The van der Waals surface area contributed by atoms with E-state index in [1.54, 1.807) is 18.2 Å². The van der Waals surface area contributed by atoms with E-state index in [2.05, 4.69) is 23.8 Å². The summed E-state index contributed by atoms with van der Waals surface area (Å²) >= 11 is 0. The molecule has 1 aliphatic rings. The lowest BCUT2D eigenvalue weighted by Crippen LogP contribution is -2.57. The Kier molecular flexibility index (Phi) is 3.62. The highest BCUT2D eigenvalue weighted by molar-refractivity contribution is 5.97. The highest BCUT2D eigenvalue weighted by Crippen LogP contribution is 2.37. The molecule has 0 unspecified atom stereocenters. The van der Waals surface area contributed by atoms with Crippen LogP contribution in [0.2, 0.25) is 0 Å². The maximum atomic E-state index is 12.7. The number of fused-ring (bicyclic) bond motifs is 1. The summed E-state index contributed by atoms with van der Waals surface area (Å²) in [5.74, 6) is -0.410. The Morgan fingerprint density at radius 3 is 2.64 bits per heavy atom. The largest absolute Gasteiger partial charge is 0.337 e. The van der Waals surface area contributed by atoms with Gasteiger partial charge in [0.15, 0.2) is 5.82 Å². The molecule has 0 atom stereocenters. The summed E-state index contributed by atoms with van der Waals surface area (Å²) in [5, 5.41) is 0. The van der Waals surface area contributed by atoms with E-state index >= 15 is 0 Å². The molecule has 3 rings (SSSR count). The summed E-state index contributed by atoms with van der Waals surface area (Å²) in [6.45, 7) is 5.83. The molecule has 4 nitrogen and oxygen atoms in total. The van der Waals surface area contributed by atoms with E-state index in [9.17, 15) is 13.6 Å². The Morgan fingerprint density at radius 1 is 1.36 bits per heavy atom. The molecule has 1 N–H and O–H groups in total. The Hall–Kier alpha value is -1.98. The minimum Gasteiger partial charge on any atom is -0.337 e. The smallest absolute Gasteiger partial charge is 0.295 e. The number of nitrogens with one attached hydrogen (secondary N) is 1. The second-order valence-corrected chi connectivity index (χ2v) is 6.02. The van der Waals surface area contributed by atoms with Gasteiger partial charge in [0, 0.05) is 24.1 Å². The van der Waals surface area contributed by atoms with Crippen LogP contribution in [0.5, 0.6) is 0 Å². The third-order valence-corrected chi connectivity index (χ3v) is 4.79. The van der Waals surface area contributed by atoms with Crippen molar-refractivity contribution in [1.29, 1.82) is 0 Å². The van der Waals surface area contributed by atoms with Gasteiger partial charge >= 0.3 is 0 Å². The molecule has 6 heteroatoms. The number of aromatic amines is 1. The number of imidazole rings is 1. The summed E-state index contributed by atoms with van der Waals surface area (Å²) in [6.07, 6.45) is -0.522. The van der Waals surface area contributed by atoms with Gasteiger partial charge in [0.05, 0.1) is 11.0 Å². The monoisotopic (exact) mass is 307 g/mol. The third-order valence-electron chi connectivity index (χ3n) is 4.79. The first-order chi connectivity index (χ1) is 10.5. The molecule has 0 spiro atoms. The Morgan fingerprint density at radius 2 is 2.05 bits per heavy atom. The number of hydrogen-bond acceptors (Lipinski definition) is 2. The zero-order valence-corrected chi connectivity index (χ0v) is 12.7. The molecule has 1 amide bonds. The van der Waals surface area contributed by atoms with E-state index in [-0.39, 0.29) is 17.1 Å². The van der Waals surface area contributed by atoms with Crippen molar-refractivity contribution in [2.24, 2.45) is 5.41 Å². The van der Waals surface area contributed by atoms with Gasteiger partial charge in [-0.2, -0.15) is 0 Å². The highest BCUT2D eigenvalue weighted by Gasteiger charge is 2.42. The van der Waals surface area contributed by atoms with E-state index in [1.165, 1.54) is 0 Å². The summed E-state index contributed by atoms with van der Waals surface area (Å²) in [5.41, 5.74) is 1.68. The van der Waals surface area contributed by atoms with Crippen LogP contribution in [0.15, 0.2) is 18.2 Å². The van der Waals surface area contributed by atoms with Crippen molar-refractivity contribution in [2.75, 3.05) is 13.1 Å². The minimum absolute atomic E-state index is 0.0485. The molecule has 0 bridgehead atoms. The van der Waals surface area contributed by atoms with Crippen LogP contribution in [0.4, 0.5) is 8.78 Å². The first-order valence-electron chi connectivity index (χ1n) is 7.55. The minimum atomic E-state index is -2.64. The molecular formula is C16H19F2N3O. The Labute approximate surface area is 127 Å². The van der Waals surface area contributed by atoms with Crippen LogP contribution < -0.4 is 0 Å². The first-order valence-corrected chi connectivity index (χ1v) is 7.55. The summed E-state index contributed by atoms with van der Waals surface area (Å²) < 4.78 is 25.3. The lowest BCUT2D eigenvalue weighted by molar-refractivity contribution is 0.00134. The fourth-order valence-corrected chi connectivity index (χ4v) is 3.05. The molecule has 1 aromatic carbocycles. The summed E-state index contributed by atoms with van der Waals surface area (Å²) in [7, 11) is 0. The molecular weight excluding hydrogens is 288 g/mol. The van der Waals surface area contributed by atoms with Gasteiger partial charge in [0.2, 0.25) is 0 Å². The van der Waals surface area contributed by atoms with Crippen LogP contribution in [-0.4, -0.2) is 33.9 Å². The van der Waals surface area contributed by atoms with Crippen molar-refractivity contribution in [2.45, 2.75) is 33.1 Å². The molecule has 0 radical (unpaired) electrons. The number of H-pyrrole nitrogens is 1. The van der Waals surface area contributed by atoms with Crippen molar-refractivity contribution in [1.82, 2.24) is 14.9 Å². The zero-order chi connectivity index (χ0) is 15.9. The summed E-state index contributed by atoms with van der Waals surface area (Å²) in [6, 6.07) is 4.87. The number of carbonyl (C=O) groups excluding carboxylic acids is 1. The van der Waals surface area contributed by atoms with E-state index < -0.39 is 6.43 Å². The number of amides is 1. The third kappa shape index (κ3) is 2.36. The predicted molar refractivity (Wildman–Crippen MR) is 80.0 cm³/mol. The molecule has 2 aromatic rings. The van der Waals surface area contributed by atoms with Crippen molar-refractivity contribution in [3.05, 3.63) is 29.6 Å². The lowest BCUT2D eigenvalue weighted by atomic mass is 9.75. The second-order valence-electron chi connectivity index (χ2n) is 6.02. The molecule has 0 saturated carbocycles. The van der Waals surface area contributed by atoms with E-state index in [1.807, 2.05) is 4.90 Å². The van der Waals surface area contributed by atoms with Gasteiger partial charge in [-0.3, -0.25) is 4.79 Å². The maximum absolute atomic E-state index is 12.7. The van der Waals surface area contributed by atoms with Crippen LogP contribution >= 0.6 is 0 Å². The van der Waals surface area contributed by atoms with Gasteiger partial charge in [-0.1, -0.05) is 13.8 Å². The van der Waals surface area contributed by atoms with Gasteiger partial charge in [0.25, 0.3) is 12.3 Å². The van der Waals surface area contributed by atoms with E-state index in [0.717, 1.165) is 25.9 Å². The molecule has 1 aromatic heterocycles. The van der Waals surface area contributed by atoms with Gasteiger partial charge < -0.3 is 9.88 Å². The van der Waals surface area contributed by atoms with Crippen LogP contribution in [-0.2, 0) is 0 Å². The molecule has 1 aliphatic heterocycles. The molecule has 2 heterocycles. The number of benzene rings is 1. The molecule has 0 aliphatic carbocycles. The zero-order valence-electron chi connectivity index (χ0n) is 12.7. The topological polar surface area (TPSA) is 49.0 Å². The molecule has 1 saturated heterocycles. The highest BCUT2D eigenvalue weighted by atomic mass is 19.3. The fraction of sp³-hybridized carbons (Fsp3) is 0.500. The first kappa shape index (κ1) is 14.9. The van der Waals surface area contributed by atoms with E-state index in [4.69, 9.17) is 0 Å². The SMILES string of the molecule is CCC1(CC)CN(C(=O)c2ccc3nc(C(F)F)[nH]c3c2)C1. The predicted octanol–water partition coefficient (Wildman–Crippen LogP) is 3.76. The fourth-order valence-electron chi connectivity index (χ4n) is 3.05. The van der Waals surface area contributed by atoms with Crippen molar-refractivity contribution < 1.29 is 13.6 Å². The molecule has 118 valence electrons. The second kappa shape index (κ2) is 5.34. The van der Waals surface area contributed by atoms with Crippen LogP contribution in [0.25, 0.3) is 11.0 Å². The molecule has 22 heavy (non-hydrogen) atoms. The van der Waals surface area contributed by atoms with Gasteiger partial charge in [0.1, 0.15) is 0 Å². The quantitative estimate of drug-likeness (QED) is 0.935. The number of hydrogen-bond donors (Lipinski definition) is 1. The van der Waals surface area contributed by atoms with Gasteiger partial charge in [-0.05, 0) is 31.0 Å². The maximum Gasteiger partial charge on any atom is 0.295 e. The van der Waals surface area contributed by atoms with Crippen LogP contribution in [0.1, 0.15) is 49.3 Å². The number of carbonyl (C=O) groups is 1. The number of aromatic nitrogens is 2. The van der Waals surface area contributed by atoms with Gasteiger partial charge in [-0.25, -0.2) is 13.8 Å². The normalized spacial score (nSPS) is 17.0. The van der Waals surface area contributed by atoms with E-state index in [0.29, 0.717) is 16.6 Å². The molecule has 1 fully saturated rings. The van der Waals surface area contributed by atoms with Crippen molar-refractivity contribution in [3.8, 4) is 0 Å². The number of alkyl halides is 2. The van der Waals surface area contributed by atoms with Crippen LogP contribution in [0, 0.1) is 5.41 Å². The number of nitrogens with zero attached hydrogens (tertiary/aromatic N) is 2. The number of halogens is 2. The van der Waals surface area contributed by atoms with Crippen molar-refractivity contribution in [3.63, 3.8) is 0 Å². The average molecular weight is 307 g/mol. The number of likely N-dealkylation sites (tertiary alicyclic amines) is 1.